The Morgan fingerprint density at radius 2 is 1.91 bits per heavy atom. The van der Waals surface area contributed by atoms with E-state index in [0.717, 1.165) is 43.1 Å². The molecule has 0 aromatic heterocycles. The number of nitrogens with one attached hydrogen (secondary N) is 1. The molecule has 0 radical (unpaired) electrons. The molecule has 2 rings (SSSR count). The minimum Gasteiger partial charge on any atom is -0.481 e. The molecule has 122 valence electrons. The minimum absolute atomic E-state index is 0.0131. The summed E-state index contributed by atoms with van der Waals surface area (Å²) in [6.07, 6.45) is -0.457. The van der Waals surface area contributed by atoms with Gasteiger partial charge in [0.1, 0.15) is 5.75 Å². The van der Waals surface area contributed by atoms with Gasteiger partial charge in [0, 0.05) is 26.2 Å². The van der Waals surface area contributed by atoms with Crippen molar-refractivity contribution in [2.45, 2.75) is 46.1 Å². The Balaban J connectivity index is 2.15. The van der Waals surface area contributed by atoms with Crippen molar-refractivity contribution in [3.05, 3.63) is 29.3 Å². The first-order valence-electron chi connectivity index (χ1n) is 8.06. The fourth-order valence-electron chi connectivity index (χ4n) is 2.73. The van der Waals surface area contributed by atoms with E-state index >= 15 is 0 Å². The van der Waals surface area contributed by atoms with Gasteiger partial charge < -0.3 is 15.0 Å². The fraction of sp³-hybridized carbons (Fsp3) is 0.611. The molecule has 1 fully saturated rings. The summed E-state index contributed by atoms with van der Waals surface area (Å²) in [6.45, 7) is 13.6. The van der Waals surface area contributed by atoms with Gasteiger partial charge in [-0.3, -0.25) is 4.79 Å². The molecule has 22 heavy (non-hydrogen) atoms. The Bertz CT molecular complexity index is 528. The largest absolute Gasteiger partial charge is 0.481 e. The van der Waals surface area contributed by atoms with Crippen molar-refractivity contribution in [2.75, 3.05) is 26.2 Å². The van der Waals surface area contributed by atoms with E-state index in [4.69, 9.17) is 4.74 Å². The quantitative estimate of drug-likeness (QED) is 0.933. The second kappa shape index (κ2) is 6.69. The number of nitrogens with zero attached hydrogens (tertiary/aromatic N) is 1. The van der Waals surface area contributed by atoms with Crippen molar-refractivity contribution >= 4 is 5.91 Å². The van der Waals surface area contributed by atoms with E-state index in [2.05, 4.69) is 38.2 Å². The van der Waals surface area contributed by atoms with Gasteiger partial charge in [0.25, 0.3) is 5.91 Å². The second-order valence-electron chi connectivity index (χ2n) is 7.08. The van der Waals surface area contributed by atoms with E-state index in [-0.39, 0.29) is 11.3 Å². The Hall–Kier alpha value is -1.55. The summed E-state index contributed by atoms with van der Waals surface area (Å²) < 4.78 is 6.06. The number of rotatable bonds is 3. The number of amides is 1. The highest BCUT2D eigenvalue weighted by molar-refractivity contribution is 5.81. The van der Waals surface area contributed by atoms with Crippen LogP contribution in [0.2, 0.25) is 0 Å². The average molecular weight is 304 g/mol. The summed E-state index contributed by atoms with van der Waals surface area (Å²) in [5.41, 5.74) is 2.27. The summed E-state index contributed by atoms with van der Waals surface area (Å²) in [6, 6.07) is 6.23. The third kappa shape index (κ3) is 4.01. The van der Waals surface area contributed by atoms with Gasteiger partial charge in [-0.05, 0) is 36.5 Å². The average Bonchev–Trinajstić information content (AvgIpc) is 2.46. The van der Waals surface area contributed by atoms with Crippen molar-refractivity contribution in [1.29, 1.82) is 0 Å². The zero-order chi connectivity index (χ0) is 16.3. The Kier molecular flexibility index (Phi) is 5.12. The normalized spacial score (nSPS) is 17.2. The van der Waals surface area contributed by atoms with E-state index < -0.39 is 6.10 Å². The highest BCUT2D eigenvalue weighted by atomic mass is 16.5. The predicted octanol–water partition coefficient (Wildman–Crippen LogP) is 2.49. The molecule has 0 spiro atoms. The Labute approximate surface area is 133 Å². The van der Waals surface area contributed by atoms with Crippen LogP contribution >= 0.6 is 0 Å². The minimum atomic E-state index is -0.457. The van der Waals surface area contributed by atoms with Gasteiger partial charge >= 0.3 is 0 Å². The number of piperazine rings is 1. The number of hydrogen-bond donors (Lipinski definition) is 1. The van der Waals surface area contributed by atoms with Crippen molar-refractivity contribution < 1.29 is 9.53 Å². The van der Waals surface area contributed by atoms with E-state index in [1.807, 2.05) is 24.8 Å². The first-order chi connectivity index (χ1) is 10.3. The summed E-state index contributed by atoms with van der Waals surface area (Å²) in [5, 5.41) is 3.26. The molecule has 1 aliphatic rings. The Morgan fingerprint density at radius 1 is 1.27 bits per heavy atom. The van der Waals surface area contributed by atoms with Crippen LogP contribution in [0.25, 0.3) is 0 Å². The van der Waals surface area contributed by atoms with Crippen molar-refractivity contribution in [2.24, 2.45) is 0 Å². The van der Waals surface area contributed by atoms with Crippen LogP contribution in [0.1, 0.15) is 38.8 Å². The van der Waals surface area contributed by atoms with Gasteiger partial charge in [-0.2, -0.15) is 0 Å². The lowest BCUT2D eigenvalue weighted by Crippen LogP contribution is -2.50. The number of benzene rings is 1. The summed E-state index contributed by atoms with van der Waals surface area (Å²) in [4.78, 5) is 14.4. The highest BCUT2D eigenvalue weighted by Gasteiger charge is 2.26. The van der Waals surface area contributed by atoms with Gasteiger partial charge in [-0.1, -0.05) is 32.9 Å². The van der Waals surface area contributed by atoms with Crippen LogP contribution in [0.5, 0.6) is 5.75 Å². The molecule has 4 heteroatoms. The van der Waals surface area contributed by atoms with Crippen LogP contribution in [0, 0.1) is 6.92 Å². The van der Waals surface area contributed by atoms with E-state index in [1.165, 1.54) is 0 Å². The molecule has 1 aromatic rings. The highest BCUT2D eigenvalue weighted by Crippen LogP contribution is 2.32. The molecule has 1 aliphatic heterocycles. The third-order valence-electron chi connectivity index (χ3n) is 4.03. The number of ether oxygens (including phenoxy) is 1. The summed E-state index contributed by atoms with van der Waals surface area (Å²) >= 11 is 0. The zero-order valence-electron chi connectivity index (χ0n) is 14.4. The predicted molar refractivity (Wildman–Crippen MR) is 89.4 cm³/mol. The number of aryl methyl sites for hydroxylation is 1. The maximum atomic E-state index is 12.5. The fourth-order valence-corrected chi connectivity index (χ4v) is 2.73. The molecule has 4 nitrogen and oxygen atoms in total. The van der Waals surface area contributed by atoms with Crippen LogP contribution in [-0.4, -0.2) is 43.1 Å². The number of hydrogen-bond acceptors (Lipinski definition) is 3. The summed E-state index contributed by atoms with van der Waals surface area (Å²) in [7, 11) is 0. The second-order valence-corrected chi connectivity index (χ2v) is 7.08. The van der Waals surface area contributed by atoms with Gasteiger partial charge in [-0.15, -0.1) is 0 Å². The lowest BCUT2D eigenvalue weighted by Gasteiger charge is -2.31. The zero-order valence-corrected chi connectivity index (χ0v) is 14.4. The molecule has 1 amide bonds. The van der Waals surface area contributed by atoms with Crippen LogP contribution in [0.15, 0.2) is 18.2 Å². The molecule has 1 heterocycles. The molecule has 1 unspecified atom stereocenters. The van der Waals surface area contributed by atoms with Crippen LogP contribution in [0.4, 0.5) is 0 Å². The first kappa shape index (κ1) is 16.8. The molecular weight excluding hydrogens is 276 g/mol. The monoisotopic (exact) mass is 304 g/mol. The lowest BCUT2D eigenvalue weighted by molar-refractivity contribution is -0.138. The van der Waals surface area contributed by atoms with E-state index in [0.29, 0.717) is 0 Å². The van der Waals surface area contributed by atoms with Crippen LogP contribution in [0.3, 0.4) is 0 Å². The van der Waals surface area contributed by atoms with Crippen molar-refractivity contribution in [3.63, 3.8) is 0 Å². The topological polar surface area (TPSA) is 41.6 Å². The first-order valence-corrected chi connectivity index (χ1v) is 8.06. The molecule has 1 aromatic carbocycles. The molecule has 1 saturated heterocycles. The van der Waals surface area contributed by atoms with Crippen molar-refractivity contribution in [1.82, 2.24) is 10.2 Å². The maximum Gasteiger partial charge on any atom is 0.263 e. The van der Waals surface area contributed by atoms with Crippen LogP contribution in [-0.2, 0) is 10.2 Å². The molecule has 1 atom stereocenters. The maximum absolute atomic E-state index is 12.5. The molecule has 1 N–H and O–H groups in total. The standard InChI is InChI=1S/C18H28N2O2/c1-13-6-7-15(18(3,4)5)16(12-13)22-14(2)17(21)20-10-8-19-9-11-20/h6-7,12,14,19H,8-11H2,1-5H3. The van der Waals surface area contributed by atoms with E-state index in [1.54, 1.807) is 0 Å². The molecule has 0 aliphatic carbocycles. The third-order valence-corrected chi connectivity index (χ3v) is 4.03. The smallest absolute Gasteiger partial charge is 0.263 e. The van der Waals surface area contributed by atoms with Crippen LogP contribution < -0.4 is 10.1 Å². The SMILES string of the molecule is Cc1ccc(C(C)(C)C)c(OC(C)C(=O)N2CCNCC2)c1. The molecular formula is C18H28N2O2. The molecule has 0 bridgehead atoms. The number of carbonyl (C=O) groups excluding carboxylic acids is 1. The summed E-state index contributed by atoms with van der Waals surface area (Å²) in [5.74, 6) is 0.895. The van der Waals surface area contributed by atoms with Gasteiger partial charge in [0.05, 0.1) is 0 Å². The Morgan fingerprint density at radius 3 is 2.50 bits per heavy atom. The number of carbonyl (C=O) groups is 1. The molecule has 0 saturated carbocycles. The van der Waals surface area contributed by atoms with Gasteiger partial charge in [0.2, 0.25) is 0 Å². The van der Waals surface area contributed by atoms with Gasteiger partial charge in [-0.25, -0.2) is 0 Å². The van der Waals surface area contributed by atoms with E-state index in [9.17, 15) is 4.79 Å². The lowest BCUT2D eigenvalue weighted by atomic mass is 9.86. The van der Waals surface area contributed by atoms with Crippen molar-refractivity contribution in [3.8, 4) is 5.75 Å². The van der Waals surface area contributed by atoms with Gasteiger partial charge in [0.15, 0.2) is 6.10 Å².